The molecule has 0 unspecified atom stereocenters. The second-order valence-electron chi connectivity index (χ2n) is 4.64. The maximum atomic E-state index is 5.97. The summed E-state index contributed by atoms with van der Waals surface area (Å²) in [6, 6.07) is 5.82. The van der Waals surface area contributed by atoms with Gasteiger partial charge in [0.25, 0.3) is 0 Å². The topological polar surface area (TPSA) is 20.7 Å². The van der Waals surface area contributed by atoms with Crippen molar-refractivity contribution in [2.75, 3.05) is 6.26 Å². The highest BCUT2D eigenvalue weighted by molar-refractivity contribution is 7.99. The van der Waals surface area contributed by atoms with Crippen molar-refractivity contribution < 1.29 is 0 Å². The molecular weight excluding hydrogens is 272 g/mol. The first-order valence-electron chi connectivity index (χ1n) is 5.36. The van der Waals surface area contributed by atoms with Crippen LogP contribution in [0.1, 0.15) is 13.8 Å². The summed E-state index contributed by atoms with van der Waals surface area (Å²) in [5, 5.41) is 0.727. The van der Waals surface area contributed by atoms with Crippen LogP contribution in [0.25, 0.3) is 11.0 Å². The number of aromatic amines is 1. The molecule has 0 aliphatic rings. The van der Waals surface area contributed by atoms with Gasteiger partial charge in [-0.25, -0.2) is 0 Å². The molecule has 0 radical (unpaired) electrons. The largest absolute Gasteiger partial charge is 0.331 e. The normalized spacial score (nSPS) is 12.2. The number of aromatic nitrogens is 2. The first-order chi connectivity index (χ1) is 7.93. The number of imidazole rings is 1. The third-order valence-corrected chi connectivity index (χ3v) is 4.62. The number of nitrogens with zero attached hydrogens (tertiary/aromatic N) is 1. The Morgan fingerprint density at radius 3 is 2.82 bits per heavy atom. The number of thioether (sulfide) groups is 1. The van der Waals surface area contributed by atoms with Crippen LogP contribution in [0.15, 0.2) is 18.2 Å². The highest BCUT2D eigenvalue weighted by atomic mass is 35.5. The van der Waals surface area contributed by atoms with Gasteiger partial charge >= 0.3 is 0 Å². The third kappa shape index (κ3) is 2.69. The van der Waals surface area contributed by atoms with Gasteiger partial charge in [0.05, 0.1) is 11.0 Å². The molecule has 0 saturated heterocycles. The monoisotopic (exact) mass is 286 g/mol. The molecule has 0 aliphatic heterocycles. The van der Waals surface area contributed by atoms with Crippen LogP contribution in [0, 0.1) is 4.77 Å². The van der Waals surface area contributed by atoms with Crippen molar-refractivity contribution in [1.29, 1.82) is 0 Å². The van der Waals surface area contributed by atoms with Crippen molar-refractivity contribution in [3.8, 4) is 0 Å². The van der Waals surface area contributed by atoms with E-state index >= 15 is 0 Å². The fourth-order valence-corrected chi connectivity index (χ4v) is 2.44. The minimum atomic E-state index is 0.160. The van der Waals surface area contributed by atoms with Crippen LogP contribution in [-0.2, 0) is 6.54 Å². The minimum absolute atomic E-state index is 0.160. The number of hydrogen-bond acceptors (Lipinski definition) is 2. The van der Waals surface area contributed by atoms with E-state index in [-0.39, 0.29) is 4.75 Å². The molecular formula is C12H15ClN2S2. The number of rotatable bonds is 3. The maximum Gasteiger partial charge on any atom is 0.178 e. The van der Waals surface area contributed by atoms with Crippen molar-refractivity contribution in [2.24, 2.45) is 0 Å². The fraction of sp³-hybridized carbons (Fsp3) is 0.417. The lowest BCUT2D eigenvalue weighted by Crippen LogP contribution is -2.22. The number of benzene rings is 1. The molecule has 2 rings (SSSR count). The Kier molecular flexibility index (Phi) is 3.57. The molecule has 0 saturated carbocycles. The van der Waals surface area contributed by atoms with Gasteiger partial charge < -0.3 is 9.55 Å². The smallest absolute Gasteiger partial charge is 0.178 e. The molecule has 0 amide bonds. The van der Waals surface area contributed by atoms with Crippen molar-refractivity contribution in [3.63, 3.8) is 0 Å². The molecule has 17 heavy (non-hydrogen) atoms. The Hall–Kier alpha value is -0.450. The van der Waals surface area contributed by atoms with E-state index in [2.05, 4.69) is 29.7 Å². The van der Waals surface area contributed by atoms with Gasteiger partial charge in [-0.2, -0.15) is 11.8 Å². The Labute approximate surface area is 115 Å². The quantitative estimate of drug-likeness (QED) is 0.839. The van der Waals surface area contributed by atoms with Crippen molar-refractivity contribution in [3.05, 3.63) is 28.0 Å². The highest BCUT2D eigenvalue weighted by Crippen LogP contribution is 2.26. The SMILES string of the molecule is CSC(C)(C)Cn1c(=S)[nH]c2cc(Cl)ccc21. The zero-order valence-corrected chi connectivity index (χ0v) is 12.5. The van der Waals surface area contributed by atoms with Crippen molar-refractivity contribution in [2.45, 2.75) is 25.1 Å². The van der Waals surface area contributed by atoms with Gasteiger partial charge in [-0.15, -0.1) is 0 Å². The average Bonchev–Trinajstić information content (AvgIpc) is 2.54. The number of H-pyrrole nitrogens is 1. The molecule has 0 fully saturated rings. The molecule has 1 N–H and O–H groups in total. The first-order valence-corrected chi connectivity index (χ1v) is 7.37. The van der Waals surface area contributed by atoms with Gasteiger partial charge in [-0.3, -0.25) is 0 Å². The van der Waals surface area contributed by atoms with Crippen molar-refractivity contribution >= 4 is 46.6 Å². The summed E-state index contributed by atoms with van der Waals surface area (Å²) in [6.45, 7) is 5.32. The second kappa shape index (κ2) is 4.67. The number of halogens is 1. The molecule has 0 aliphatic carbocycles. The molecule has 1 aromatic heterocycles. The van der Waals surface area contributed by atoms with E-state index in [1.165, 1.54) is 0 Å². The van der Waals surface area contributed by atoms with Gasteiger partial charge in [0.15, 0.2) is 4.77 Å². The van der Waals surface area contributed by atoms with E-state index in [0.29, 0.717) is 0 Å². The summed E-state index contributed by atoms with van der Waals surface area (Å²) >= 11 is 13.2. The van der Waals surface area contributed by atoms with E-state index in [4.69, 9.17) is 23.8 Å². The molecule has 5 heteroatoms. The van der Waals surface area contributed by atoms with Crippen LogP contribution in [0.4, 0.5) is 0 Å². The van der Waals surface area contributed by atoms with E-state index < -0.39 is 0 Å². The molecule has 2 nitrogen and oxygen atoms in total. The number of fused-ring (bicyclic) bond motifs is 1. The lowest BCUT2D eigenvalue weighted by atomic mass is 10.2. The third-order valence-electron chi connectivity index (χ3n) is 2.83. The molecule has 0 spiro atoms. The van der Waals surface area contributed by atoms with Gasteiger partial charge in [-0.1, -0.05) is 11.6 Å². The van der Waals surface area contributed by atoms with Crippen LogP contribution >= 0.6 is 35.6 Å². The molecule has 0 atom stereocenters. The number of nitrogens with one attached hydrogen (secondary N) is 1. The zero-order valence-electron chi connectivity index (χ0n) is 10.1. The minimum Gasteiger partial charge on any atom is -0.331 e. The van der Waals surface area contributed by atoms with Crippen LogP contribution in [0.2, 0.25) is 5.02 Å². The van der Waals surface area contributed by atoms with E-state index in [9.17, 15) is 0 Å². The summed E-state index contributed by atoms with van der Waals surface area (Å²) in [7, 11) is 0. The summed E-state index contributed by atoms with van der Waals surface area (Å²) < 4.78 is 3.05. The van der Waals surface area contributed by atoms with E-state index in [1.807, 2.05) is 30.0 Å². The average molecular weight is 287 g/mol. The summed E-state index contributed by atoms with van der Waals surface area (Å²) in [5.41, 5.74) is 2.11. The molecule has 1 aromatic carbocycles. The predicted octanol–water partition coefficient (Wildman–Crippen LogP) is 4.49. The first kappa shape index (κ1) is 13.0. The Bertz CT molecular complexity index is 598. The lowest BCUT2D eigenvalue weighted by Gasteiger charge is -2.22. The number of hydrogen-bond donors (Lipinski definition) is 1. The Morgan fingerprint density at radius 1 is 1.47 bits per heavy atom. The van der Waals surface area contributed by atoms with Gasteiger partial charge in [0, 0.05) is 16.3 Å². The summed E-state index contributed by atoms with van der Waals surface area (Å²) in [5.74, 6) is 0. The maximum absolute atomic E-state index is 5.97. The molecule has 0 bridgehead atoms. The molecule has 1 heterocycles. The standard InChI is InChI=1S/C12H15ClN2S2/c1-12(2,17-3)7-15-10-5-4-8(13)6-9(10)14-11(15)16/h4-6H,7H2,1-3H3,(H,14,16). The van der Waals surface area contributed by atoms with Gasteiger partial charge in [0.1, 0.15) is 0 Å². The molecule has 2 aromatic rings. The van der Waals surface area contributed by atoms with Crippen LogP contribution in [0.3, 0.4) is 0 Å². The highest BCUT2D eigenvalue weighted by Gasteiger charge is 2.18. The Morgan fingerprint density at radius 2 is 2.18 bits per heavy atom. The summed E-state index contributed by atoms with van der Waals surface area (Å²) in [4.78, 5) is 3.20. The predicted molar refractivity (Wildman–Crippen MR) is 79.7 cm³/mol. The Balaban J connectivity index is 2.54. The summed E-state index contributed by atoms with van der Waals surface area (Å²) in [6.07, 6.45) is 2.12. The molecule has 92 valence electrons. The van der Waals surface area contributed by atoms with Gasteiger partial charge in [-0.05, 0) is 50.5 Å². The van der Waals surface area contributed by atoms with Crippen LogP contribution < -0.4 is 0 Å². The van der Waals surface area contributed by atoms with Gasteiger partial charge in [0.2, 0.25) is 0 Å². The van der Waals surface area contributed by atoms with E-state index in [1.54, 1.807) is 0 Å². The van der Waals surface area contributed by atoms with Crippen molar-refractivity contribution in [1.82, 2.24) is 9.55 Å². The lowest BCUT2D eigenvalue weighted by molar-refractivity contribution is 0.575. The second-order valence-corrected chi connectivity index (χ2v) is 6.98. The van der Waals surface area contributed by atoms with Crippen LogP contribution in [0.5, 0.6) is 0 Å². The zero-order chi connectivity index (χ0) is 12.6. The fourth-order valence-electron chi connectivity index (χ4n) is 1.74. The van der Waals surface area contributed by atoms with E-state index in [0.717, 1.165) is 27.4 Å². The van der Waals surface area contributed by atoms with Crippen LogP contribution in [-0.4, -0.2) is 20.6 Å².